The molecule has 0 spiro atoms. The summed E-state index contributed by atoms with van der Waals surface area (Å²) >= 11 is 0. The predicted octanol–water partition coefficient (Wildman–Crippen LogP) is 2.30. The molecule has 1 aromatic rings. The maximum absolute atomic E-state index is 12.7. The highest BCUT2D eigenvalue weighted by molar-refractivity contribution is 5.94. The van der Waals surface area contributed by atoms with E-state index in [-0.39, 0.29) is 18.5 Å². The third kappa shape index (κ3) is 4.07. The summed E-state index contributed by atoms with van der Waals surface area (Å²) in [5, 5.41) is 9.76. The normalized spacial score (nSPS) is 22.9. The number of ether oxygens (including phenoxy) is 1. The molecule has 2 saturated heterocycles. The second kappa shape index (κ2) is 7.61. The average Bonchev–Trinajstić information content (AvgIpc) is 3.25. The molecule has 2 aliphatic heterocycles. The van der Waals surface area contributed by atoms with E-state index in [4.69, 9.17) is 9.26 Å². The Kier molecular flexibility index (Phi) is 5.48. The SMILES string of the molecule is CC(C)(CN=O)c1cc(NC(=O)[C@@H]2CCCN2C2CCOCC2)on1. The minimum Gasteiger partial charge on any atom is -0.381 e. The van der Waals surface area contributed by atoms with Gasteiger partial charge in [0.2, 0.25) is 11.8 Å². The van der Waals surface area contributed by atoms with Crippen LogP contribution in [0.15, 0.2) is 15.8 Å². The molecule has 2 fully saturated rings. The third-order valence-corrected chi connectivity index (χ3v) is 5.17. The van der Waals surface area contributed by atoms with Crippen LogP contribution in [0.4, 0.5) is 5.88 Å². The summed E-state index contributed by atoms with van der Waals surface area (Å²) in [6, 6.07) is 1.95. The zero-order valence-electron chi connectivity index (χ0n) is 14.9. The largest absolute Gasteiger partial charge is 0.381 e. The fourth-order valence-electron chi connectivity index (χ4n) is 3.62. The molecule has 2 aliphatic rings. The van der Waals surface area contributed by atoms with Crippen LogP contribution in [0.2, 0.25) is 0 Å². The van der Waals surface area contributed by atoms with Crippen molar-refractivity contribution in [2.24, 2.45) is 5.18 Å². The van der Waals surface area contributed by atoms with Crippen molar-refractivity contribution in [3.8, 4) is 0 Å². The van der Waals surface area contributed by atoms with Crippen molar-refractivity contribution in [1.29, 1.82) is 0 Å². The summed E-state index contributed by atoms with van der Waals surface area (Å²) in [6.45, 7) is 6.31. The molecular formula is C17H26N4O4. The number of nitrogens with one attached hydrogen (secondary N) is 1. The summed E-state index contributed by atoms with van der Waals surface area (Å²) in [4.78, 5) is 25.6. The fourth-order valence-corrected chi connectivity index (χ4v) is 3.62. The number of hydrogen-bond acceptors (Lipinski definition) is 7. The topological polar surface area (TPSA) is 97.0 Å². The van der Waals surface area contributed by atoms with Crippen molar-refractivity contribution in [2.75, 3.05) is 31.6 Å². The maximum Gasteiger partial charge on any atom is 0.244 e. The fraction of sp³-hybridized carbons (Fsp3) is 0.765. The Morgan fingerprint density at radius 1 is 1.40 bits per heavy atom. The lowest BCUT2D eigenvalue weighted by Gasteiger charge is -2.34. The van der Waals surface area contributed by atoms with Crippen molar-refractivity contribution in [3.05, 3.63) is 16.7 Å². The molecule has 0 radical (unpaired) electrons. The van der Waals surface area contributed by atoms with Gasteiger partial charge >= 0.3 is 0 Å². The zero-order chi connectivity index (χ0) is 17.9. The van der Waals surface area contributed by atoms with Gasteiger partial charge in [0, 0.05) is 30.7 Å². The molecule has 8 heteroatoms. The number of rotatable bonds is 6. The van der Waals surface area contributed by atoms with E-state index in [1.165, 1.54) is 0 Å². The van der Waals surface area contributed by atoms with Gasteiger partial charge in [-0.15, -0.1) is 0 Å². The molecular weight excluding hydrogens is 324 g/mol. The highest BCUT2D eigenvalue weighted by Gasteiger charge is 2.36. The van der Waals surface area contributed by atoms with Crippen molar-refractivity contribution in [1.82, 2.24) is 10.1 Å². The van der Waals surface area contributed by atoms with E-state index in [2.05, 4.69) is 20.6 Å². The molecule has 138 valence electrons. The third-order valence-electron chi connectivity index (χ3n) is 5.17. The van der Waals surface area contributed by atoms with E-state index < -0.39 is 5.41 Å². The van der Waals surface area contributed by atoms with E-state index in [1.807, 2.05) is 13.8 Å². The molecule has 0 aromatic carbocycles. The number of amides is 1. The van der Waals surface area contributed by atoms with Crippen LogP contribution in [0, 0.1) is 4.91 Å². The lowest BCUT2D eigenvalue weighted by atomic mass is 9.90. The Bertz CT molecular complexity index is 610. The molecule has 3 heterocycles. The van der Waals surface area contributed by atoms with Crippen LogP contribution in [0.3, 0.4) is 0 Å². The van der Waals surface area contributed by atoms with Crippen LogP contribution in [0.25, 0.3) is 0 Å². The summed E-state index contributed by atoms with van der Waals surface area (Å²) in [5.41, 5.74) is 0.0884. The Balaban J connectivity index is 1.63. The molecule has 1 aromatic heterocycles. The highest BCUT2D eigenvalue weighted by atomic mass is 16.5. The smallest absolute Gasteiger partial charge is 0.244 e. The quantitative estimate of drug-likeness (QED) is 0.791. The number of hydrogen-bond donors (Lipinski definition) is 1. The van der Waals surface area contributed by atoms with Gasteiger partial charge in [-0.05, 0) is 32.2 Å². The molecule has 0 saturated carbocycles. The molecule has 8 nitrogen and oxygen atoms in total. The summed E-state index contributed by atoms with van der Waals surface area (Å²) in [5.74, 6) is 0.260. The van der Waals surface area contributed by atoms with Gasteiger partial charge in [0.15, 0.2) is 0 Å². The van der Waals surface area contributed by atoms with Gasteiger partial charge < -0.3 is 9.26 Å². The van der Waals surface area contributed by atoms with Crippen molar-refractivity contribution in [3.63, 3.8) is 0 Å². The van der Waals surface area contributed by atoms with Gasteiger partial charge in [-0.25, -0.2) is 0 Å². The number of nitrogens with zero attached hydrogens (tertiary/aromatic N) is 3. The van der Waals surface area contributed by atoms with Crippen LogP contribution in [0.5, 0.6) is 0 Å². The van der Waals surface area contributed by atoms with Crippen LogP contribution in [0.1, 0.15) is 45.2 Å². The lowest BCUT2D eigenvalue weighted by molar-refractivity contribution is -0.121. The first-order valence-corrected chi connectivity index (χ1v) is 8.92. The Labute approximate surface area is 147 Å². The van der Waals surface area contributed by atoms with E-state index in [9.17, 15) is 9.70 Å². The second-order valence-corrected chi connectivity index (χ2v) is 7.48. The summed E-state index contributed by atoms with van der Waals surface area (Å²) < 4.78 is 10.7. The zero-order valence-corrected chi connectivity index (χ0v) is 14.9. The van der Waals surface area contributed by atoms with Gasteiger partial charge in [-0.3, -0.25) is 15.0 Å². The van der Waals surface area contributed by atoms with Crippen molar-refractivity contribution < 1.29 is 14.1 Å². The van der Waals surface area contributed by atoms with Gasteiger partial charge in [-0.2, -0.15) is 4.91 Å². The first-order valence-electron chi connectivity index (χ1n) is 8.92. The average molecular weight is 350 g/mol. The van der Waals surface area contributed by atoms with Gasteiger partial charge in [-0.1, -0.05) is 24.2 Å². The Morgan fingerprint density at radius 2 is 2.16 bits per heavy atom. The summed E-state index contributed by atoms with van der Waals surface area (Å²) in [6.07, 6.45) is 3.83. The minimum absolute atomic E-state index is 0.0574. The molecule has 0 bridgehead atoms. The molecule has 1 amide bonds. The predicted molar refractivity (Wildman–Crippen MR) is 92.4 cm³/mol. The summed E-state index contributed by atoms with van der Waals surface area (Å²) in [7, 11) is 0. The van der Waals surface area contributed by atoms with E-state index >= 15 is 0 Å². The highest BCUT2D eigenvalue weighted by Crippen LogP contribution is 2.28. The number of carbonyl (C=O) groups is 1. The molecule has 1 atom stereocenters. The molecule has 0 unspecified atom stereocenters. The molecule has 0 aliphatic carbocycles. The van der Waals surface area contributed by atoms with Crippen LogP contribution in [-0.2, 0) is 14.9 Å². The first kappa shape index (κ1) is 18.0. The number of anilines is 1. The molecule has 25 heavy (non-hydrogen) atoms. The molecule has 1 N–H and O–H groups in total. The van der Waals surface area contributed by atoms with Gasteiger partial charge in [0.1, 0.15) is 0 Å². The number of nitroso groups, excluding NO2 is 1. The number of likely N-dealkylation sites (tertiary alicyclic amines) is 1. The lowest BCUT2D eigenvalue weighted by Crippen LogP contribution is -2.47. The molecule has 3 rings (SSSR count). The van der Waals surface area contributed by atoms with Crippen LogP contribution in [-0.4, -0.2) is 54.4 Å². The second-order valence-electron chi connectivity index (χ2n) is 7.48. The minimum atomic E-state index is -0.518. The standard InChI is InChI=1S/C17H26N4O4/c1-17(2,11-18-23)14-10-15(25-20-14)19-16(22)13-4-3-7-21(13)12-5-8-24-9-6-12/h10,12-13H,3-9,11H2,1-2H3,(H,19,22)/t13-/m0/s1. The Hall–Kier alpha value is -1.80. The number of carbonyl (C=O) groups excluding carboxylic acids is 1. The van der Waals surface area contributed by atoms with Gasteiger partial charge in [0.05, 0.1) is 18.3 Å². The Morgan fingerprint density at radius 3 is 2.88 bits per heavy atom. The van der Waals surface area contributed by atoms with E-state index in [0.29, 0.717) is 17.6 Å². The first-order chi connectivity index (χ1) is 12.0. The van der Waals surface area contributed by atoms with E-state index in [1.54, 1.807) is 6.07 Å². The van der Waals surface area contributed by atoms with Crippen LogP contribution >= 0.6 is 0 Å². The van der Waals surface area contributed by atoms with Crippen LogP contribution < -0.4 is 5.32 Å². The van der Waals surface area contributed by atoms with Gasteiger partial charge in [0.25, 0.3) is 0 Å². The number of aromatic nitrogens is 1. The van der Waals surface area contributed by atoms with Crippen molar-refractivity contribution in [2.45, 2.75) is 57.0 Å². The maximum atomic E-state index is 12.7. The monoisotopic (exact) mass is 350 g/mol. The van der Waals surface area contributed by atoms with E-state index in [0.717, 1.165) is 45.4 Å². The van der Waals surface area contributed by atoms with Crippen molar-refractivity contribution >= 4 is 11.8 Å².